The minimum Gasteiger partial charge on any atom is -0.395 e. The second kappa shape index (κ2) is 5.64. The largest absolute Gasteiger partial charge is 0.395 e. The number of nitrogens with two attached hydrogens (primary N) is 1. The Morgan fingerprint density at radius 1 is 1.50 bits per heavy atom. The summed E-state index contributed by atoms with van der Waals surface area (Å²) in [4.78, 5) is 4.13. The van der Waals surface area contributed by atoms with Gasteiger partial charge in [-0.1, -0.05) is 0 Å². The zero-order chi connectivity index (χ0) is 14.8. The van der Waals surface area contributed by atoms with Crippen LogP contribution in [-0.4, -0.2) is 43.1 Å². The van der Waals surface area contributed by atoms with Crippen LogP contribution >= 0.6 is 0 Å². The number of nitrogens with one attached hydrogen (secondary N) is 1. The number of hydrogen-bond donors (Lipinski definition) is 2. The Morgan fingerprint density at radius 2 is 2.15 bits per heavy atom. The lowest BCUT2D eigenvalue weighted by molar-refractivity contribution is 0.331. The SMILES string of the molecule is CS(=O)(=O)N1CCC(Nc2nccc(C#N)c2N)CC1. The maximum absolute atomic E-state index is 11.4. The molecule has 0 saturated carbocycles. The van der Waals surface area contributed by atoms with E-state index in [1.807, 2.05) is 6.07 Å². The Morgan fingerprint density at radius 3 is 2.70 bits per heavy atom. The quantitative estimate of drug-likeness (QED) is 0.833. The number of nitriles is 1. The maximum Gasteiger partial charge on any atom is 0.211 e. The van der Waals surface area contributed by atoms with E-state index in [1.54, 1.807) is 6.07 Å². The van der Waals surface area contributed by atoms with Gasteiger partial charge >= 0.3 is 0 Å². The van der Waals surface area contributed by atoms with Crippen molar-refractivity contribution in [1.29, 1.82) is 5.26 Å². The predicted molar refractivity (Wildman–Crippen MR) is 76.4 cm³/mol. The first kappa shape index (κ1) is 14.6. The van der Waals surface area contributed by atoms with Gasteiger partial charge < -0.3 is 11.1 Å². The standard InChI is InChI=1S/C12H17N5O2S/c1-20(18,19)17-6-3-10(4-7-17)16-12-11(14)9(8-13)2-5-15-12/h2,5,10H,3-4,6-7,14H2,1H3,(H,15,16). The molecule has 1 aromatic rings. The first-order valence-electron chi connectivity index (χ1n) is 6.28. The molecule has 1 fully saturated rings. The van der Waals surface area contributed by atoms with Crippen LogP contribution in [0, 0.1) is 11.3 Å². The third-order valence-corrected chi connectivity index (χ3v) is 4.68. The van der Waals surface area contributed by atoms with E-state index in [9.17, 15) is 8.42 Å². The van der Waals surface area contributed by atoms with E-state index in [0.29, 0.717) is 43.0 Å². The summed E-state index contributed by atoms with van der Waals surface area (Å²) in [6.07, 6.45) is 4.12. The molecule has 0 amide bonds. The molecule has 0 unspecified atom stereocenters. The van der Waals surface area contributed by atoms with Gasteiger partial charge in [0.05, 0.1) is 17.5 Å². The number of nitrogen functional groups attached to an aromatic ring is 1. The number of anilines is 2. The summed E-state index contributed by atoms with van der Waals surface area (Å²) in [5, 5.41) is 12.1. The number of rotatable bonds is 3. The molecule has 1 aliphatic heterocycles. The van der Waals surface area contributed by atoms with Crippen LogP contribution < -0.4 is 11.1 Å². The molecule has 1 aromatic heterocycles. The van der Waals surface area contributed by atoms with Crippen molar-refractivity contribution in [2.75, 3.05) is 30.4 Å². The van der Waals surface area contributed by atoms with Gasteiger partial charge in [0, 0.05) is 25.3 Å². The lowest BCUT2D eigenvalue weighted by atomic mass is 10.1. The van der Waals surface area contributed by atoms with Crippen molar-refractivity contribution < 1.29 is 8.42 Å². The fraction of sp³-hybridized carbons (Fsp3) is 0.500. The smallest absolute Gasteiger partial charge is 0.211 e. The second-order valence-electron chi connectivity index (χ2n) is 4.81. The first-order valence-corrected chi connectivity index (χ1v) is 8.13. The Hall–Kier alpha value is -1.85. The van der Waals surface area contributed by atoms with Gasteiger partial charge in [-0.15, -0.1) is 0 Å². The van der Waals surface area contributed by atoms with Gasteiger partial charge in [0.25, 0.3) is 0 Å². The topological polar surface area (TPSA) is 112 Å². The molecule has 8 heteroatoms. The molecule has 0 spiro atoms. The summed E-state index contributed by atoms with van der Waals surface area (Å²) in [6, 6.07) is 3.68. The lowest BCUT2D eigenvalue weighted by Gasteiger charge is -2.31. The molecule has 0 aliphatic carbocycles. The van der Waals surface area contributed by atoms with Crippen molar-refractivity contribution >= 4 is 21.5 Å². The van der Waals surface area contributed by atoms with E-state index in [2.05, 4.69) is 10.3 Å². The van der Waals surface area contributed by atoms with Gasteiger partial charge in [0.15, 0.2) is 5.82 Å². The van der Waals surface area contributed by atoms with Gasteiger partial charge in [-0.3, -0.25) is 0 Å². The van der Waals surface area contributed by atoms with Crippen LogP contribution in [0.1, 0.15) is 18.4 Å². The van der Waals surface area contributed by atoms with E-state index < -0.39 is 10.0 Å². The predicted octanol–water partition coefficient (Wildman–Crippen LogP) is 0.371. The molecular formula is C12H17N5O2S. The van der Waals surface area contributed by atoms with Crippen LogP contribution in [-0.2, 0) is 10.0 Å². The summed E-state index contributed by atoms with van der Waals surface area (Å²) >= 11 is 0. The number of nitrogens with zero attached hydrogens (tertiary/aromatic N) is 3. The Bertz CT molecular complexity index is 630. The average Bonchev–Trinajstić information content (AvgIpc) is 2.41. The zero-order valence-electron chi connectivity index (χ0n) is 11.2. The summed E-state index contributed by atoms with van der Waals surface area (Å²) < 4.78 is 24.3. The molecule has 2 heterocycles. The van der Waals surface area contributed by atoms with Gasteiger partial charge in [-0.05, 0) is 18.9 Å². The number of hydrogen-bond acceptors (Lipinski definition) is 6. The monoisotopic (exact) mass is 295 g/mol. The highest BCUT2D eigenvalue weighted by Crippen LogP contribution is 2.23. The molecule has 0 radical (unpaired) electrons. The van der Waals surface area contributed by atoms with Crippen LogP contribution in [0.25, 0.3) is 0 Å². The average molecular weight is 295 g/mol. The van der Waals surface area contributed by atoms with Crippen LogP contribution in [0.15, 0.2) is 12.3 Å². The number of aromatic nitrogens is 1. The number of pyridine rings is 1. The zero-order valence-corrected chi connectivity index (χ0v) is 12.0. The molecule has 3 N–H and O–H groups in total. The fourth-order valence-corrected chi connectivity index (χ4v) is 3.08. The molecule has 20 heavy (non-hydrogen) atoms. The Balaban J connectivity index is 2.02. The summed E-state index contributed by atoms with van der Waals surface area (Å²) in [6.45, 7) is 0.961. The van der Waals surface area contributed by atoms with E-state index in [4.69, 9.17) is 11.0 Å². The minimum atomic E-state index is -3.12. The van der Waals surface area contributed by atoms with Crippen LogP contribution in [0.2, 0.25) is 0 Å². The minimum absolute atomic E-state index is 0.108. The van der Waals surface area contributed by atoms with Crippen molar-refractivity contribution in [2.24, 2.45) is 0 Å². The third-order valence-electron chi connectivity index (χ3n) is 3.37. The molecule has 0 atom stereocenters. The highest BCUT2D eigenvalue weighted by molar-refractivity contribution is 7.88. The molecule has 2 rings (SSSR count). The van der Waals surface area contributed by atoms with E-state index >= 15 is 0 Å². The van der Waals surface area contributed by atoms with E-state index in [0.717, 1.165) is 0 Å². The van der Waals surface area contributed by atoms with Gasteiger partial charge in [0.1, 0.15) is 6.07 Å². The van der Waals surface area contributed by atoms with Crippen LogP contribution in [0.5, 0.6) is 0 Å². The summed E-state index contributed by atoms with van der Waals surface area (Å²) in [5.41, 5.74) is 6.57. The first-order chi connectivity index (χ1) is 9.41. The van der Waals surface area contributed by atoms with Crippen LogP contribution in [0.3, 0.4) is 0 Å². The van der Waals surface area contributed by atoms with Crippen molar-refractivity contribution in [3.63, 3.8) is 0 Å². The van der Waals surface area contributed by atoms with Gasteiger partial charge in [-0.25, -0.2) is 17.7 Å². The van der Waals surface area contributed by atoms with E-state index in [-0.39, 0.29) is 6.04 Å². The normalized spacial score (nSPS) is 17.6. The number of sulfonamides is 1. The highest BCUT2D eigenvalue weighted by atomic mass is 32.2. The molecule has 0 aromatic carbocycles. The lowest BCUT2D eigenvalue weighted by Crippen LogP contribution is -2.42. The fourth-order valence-electron chi connectivity index (χ4n) is 2.21. The van der Waals surface area contributed by atoms with Crippen molar-refractivity contribution in [2.45, 2.75) is 18.9 Å². The molecule has 0 bridgehead atoms. The highest BCUT2D eigenvalue weighted by Gasteiger charge is 2.25. The molecule has 1 saturated heterocycles. The molecule has 7 nitrogen and oxygen atoms in total. The molecule has 108 valence electrons. The van der Waals surface area contributed by atoms with Crippen molar-refractivity contribution in [3.05, 3.63) is 17.8 Å². The van der Waals surface area contributed by atoms with Crippen LogP contribution in [0.4, 0.5) is 11.5 Å². The maximum atomic E-state index is 11.4. The molecular weight excluding hydrogens is 278 g/mol. The second-order valence-corrected chi connectivity index (χ2v) is 6.80. The third kappa shape index (κ3) is 3.18. The summed E-state index contributed by atoms with van der Waals surface area (Å²) in [5.74, 6) is 0.488. The number of piperidine rings is 1. The van der Waals surface area contributed by atoms with Crippen molar-refractivity contribution in [3.8, 4) is 6.07 Å². The molecule has 1 aliphatic rings. The summed E-state index contributed by atoms with van der Waals surface area (Å²) in [7, 11) is -3.12. The van der Waals surface area contributed by atoms with Crippen molar-refractivity contribution in [1.82, 2.24) is 9.29 Å². The Labute approximate surface area is 118 Å². The Kier molecular flexibility index (Phi) is 4.11. The van der Waals surface area contributed by atoms with Gasteiger partial charge in [0.2, 0.25) is 10.0 Å². The van der Waals surface area contributed by atoms with Gasteiger partial charge in [-0.2, -0.15) is 5.26 Å². The van der Waals surface area contributed by atoms with E-state index in [1.165, 1.54) is 16.8 Å².